The minimum Gasteiger partial charge on any atom is -0.396 e. The van der Waals surface area contributed by atoms with Gasteiger partial charge < -0.3 is 14.7 Å². The second-order valence-electron chi connectivity index (χ2n) is 4.76. The summed E-state index contributed by atoms with van der Waals surface area (Å²) in [4.78, 5) is 12.6. The van der Waals surface area contributed by atoms with Gasteiger partial charge in [-0.25, -0.2) is 0 Å². The number of carbonyl (C=O) groups excluding carboxylic acids is 1. The van der Waals surface area contributed by atoms with Gasteiger partial charge >= 0.3 is 0 Å². The van der Waals surface area contributed by atoms with Crippen molar-refractivity contribution in [3.05, 3.63) is 0 Å². The van der Waals surface area contributed by atoms with E-state index in [-0.39, 0.29) is 12.1 Å². The molecule has 1 aliphatic rings. The lowest BCUT2D eigenvalue weighted by atomic mass is 9.93. The van der Waals surface area contributed by atoms with E-state index in [1.54, 1.807) is 4.90 Å². The van der Waals surface area contributed by atoms with Crippen LogP contribution in [0.5, 0.6) is 0 Å². The number of rotatable bonds is 3. The highest BCUT2D eigenvalue weighted by Crippen LogP contribution is 2.28. The molecule has 82 valence electrons. The largest absolute Gasteiger partial charge is 0.396 e. The predicted molar refractivity (Wildman–Crippen MR) is 52.9 cm³/mol. The summed E-state index contributed by atoms with van der Waals surface area (Å²) < 4.78 is 5.69. The van der Waals surface area contributed by atoms with Gasteiger partial charge in [-0.1, -0.05) is 0 Å². The number of amides is 1. The van der Waals surface area contributed by atoms with Crippen molar-refractivity contribution >= 4 is 6.41 Å². The molecule has 0 bridgehead atoms. The summed E-state index contributed by atoms with van der Waals surface area (Å²) in [6, 6.07) is 0. The Morgan fingerprint density at radius 2 is 2.14 bits per heavy atom. The minimum atomic E-state index is -0.398. The highest BCUT2D eigenvalue weighted by molar-refractivity contribution is 5.49. The predicted octanol–water partition coefficient (Wildman–Crippen LogP) is 0.395. The van der Waals surface area contributed by atoms with E-state index >= 15 is 0 Å². The second kappa shape index (κ2) is 3.87. The molecule has 0 saturated carbocycles. The summed E-state index contributed by atoms with van der Waals surface area (Å²) in [5, 5.41) is 8.89. The molecule has 0 aliphatic carbocycles. The molecule has 1 N–H and O–H groups in total. The van der Waals surface area contributed by atoms with Crippen molar-refractivity contribution in [2.24, 2.45) is 0 Å². The maximum atomic E-state index is 10.9. The summed E-state index contributed by atoms with van der Waals surface area (Å²) in [6.45, 7) is 7.02. The van der Waals surface area contributed by atoms with E-state index in [0.717, 1.165) is 6.41 Å². The van der Waals surface area contributed by atoms with Gasteiger partial charge in [0.15, 0.2) is 0 Å². The maximum absolute atomic E-state index is 10.9. The smallest absolute Gasteiger partial charge is 0.210 e. The number of aliphatic hydroxyl groups is 1. The van der Waals surface area contributed by atoms with Crippen molar-refractivity contribution in [3.8, 4) is 0 Å². The van der Waals surface area contributed by atoms with Crippen LogP contribution in [0.2, 0.25) is 0 Å². The number of aliphatic hydroxyl groups excluding tert-OH is 1. The normalized spacial score (nSPS) is 31.6. The van der Waals surface area contributed by atoms with Crippen LogP contribution in [0, 0.1) is 0 Å². The Morgan fingerprint density at radius 3 is 2.64 bits per heavy atom. The number of hydrogen-bond acceptors (Lipinski definition) is 3. The quantitative estimate of drug-likeness (QED) is 0.672. The molecule has 0 aromatic rings. The first-order valence-corrected chi connectivity index (χ1v) is 4.90. The van der Waals surface area contributed by atoms with Gasteiger partial charge in [-0.2, -0.15) is 0 Å². The second-order valence-corrected chi connectivity index (χ2v) is 4.76. The van der Waals surface area contributed by atoms with Crippen LogP contribution in [0.15, 0.2) is 0 Å². The maximum Gasteiger partial charge on any atom is 0.210 e. The lowest BCUT2D eigenvalue weighted by Crippen LogP contribution is -2.60. The molecule has 0 aromatic heterocycles. The molecular weight excluding hydrogens is 182 g/mol. The van der Waals surface area contributed by atoms with E-state index < -0.39 is 5.60 Å². The van der Waals surface area contributed by atoms with Crippen LogP contribution in [0.4, 0.5) is 0 Å². The van der Waals surface area contributed by atoms with Gasteiger partial charge in [0.05, 0.1) is 17.7 Å². The first-order valence-electron chi connectivity index (χ1n) is 4.90. The van der Waals surface area contributed by atoms with Gasteiger partial charge in [0.2, 0.25) is 6.41 Å². The molecular formula is C10H19NO3. The number of morpholine rings is 1. The Hall–Kier alpha value is -0.610. The zero-order valence-electron chi connectivity index (χ0n) is 9.12. The van der Waals surface area contributed by atoms with Crippen molar-refractivity contribution in [1.82, 2.24) is 4.90 Å². The molecule has 1 heterocycles. The van der Waals surface area contributed by atoms with Crippen LogP contribution in [-0.4, -0.2) is 47.3 Å². The molecule has 0 radical (unpaired) electrons. The van der Waals surface area contributed by atoms with E-state index in [1.807, 2.05) is 20.8 Å². The van der Waals surface area contributed by atoms with E-state index in [2.05, 4.69) is 0 Å². The van der Waals surface area contributed by atoms with Crippen LogP contribution in [-0.2, 0) is 9.53 Å². The fourth-order valence-corrected chi connectivity index (χ4v) is 1.62. The number of hydrogen-bond donors (Lipinski definition) is 1. The van der Waals surface area contributed by atoms with E-state index in [9.17, 15) is 4.79 Å². The van der Waals surface area contributed by atoms with Crippen molar-refractivity contribution in [2.75, 3.05) is 19.8 Å². The molecule has 4 heteroatoms. The first kappa shape index (κ1) is 11.5. The van der Waals surface area contributed by atoms with Crippen LogP contribution < -0.4 is 0 Å². The monoisotopic (exact) mass is 201 g/mol. The zero-order chi connectivity index (χ0) is 10.8. The highest BCUT2D eigenvalue weighted by atomic mass is 16.5. The average molecular weight is 201 g/mol. The Morgan fingerprint density at radius 1 is 1.50 bits per heavy atom. The highest BCUT2D eigenvalue weighted by Gasteiger charge is 2.40. The van der Waals surface area contributed by atoms with Crippen molar-refractivity contribution in [3.63, 3.8) is 0 Å². The summed E-state index contributed by atoms with van der Waals surface area (Å²) >= 11 is 0. The van der Waals surface area contributed by atoms with Gasteiger partial charge in [-0.3, -0.25) is 4.79 Å². The SMILES string of the molecule is CC1(CCO)CN(C=O)C(C)(C)CO1. The van der Waals surface area contributed by atoms with Gasteiger partial charge in [-0.15, -0.1) is 0 Å². The molecule has 1 unspecified atom stereocenters. The minimum absolute atomic E-state index is 0.0869. The van der Waals surface area contributed by atoms with Crippen molar-refractivity contribution in [1.29, 1.82) is 0 Å². The topological polar surface area (TPSA) is 49.8 Å². The van der Waals surface area contributed by atoms with E-state index in [1.165, 1.54) is 0 Å². The van der Waals surface area contributed by atoms with E-state index in [0.29, 0.717) is 19.6 Å². The summed E-state index contributed by atoms with van der Waals surface area (Å²) in [5.41, 5.74) is -0.637. The summed E-state index contributed by atoms with van der Waals surface area (Å²) in [5.74, 6) is 0. The van der Waals surface area contributed by atoms with Gasteiger partial charge in [0.25, 0.3) is 0 Å². The molecule has 1 aliphatic heterocycles. The van der Waals surface area contributed by atoms with Crippen LogP contribution in [0.25, 0.3) is 0 Å². The van der Waals surface area contributed by atoms with Gasteiger partial charge in [0, 0.05) is 19.6 Å². The number of carbonyl (C=O) groups is 1. The Labute approximate surface area is 84.8 Å². The van der Waals surface area contributed by atoms with Crippen LogP contribution >= 0.6 is 0 Å². The van der Waals surface area contributed by atoms with Crippen LogP contribution in [0.1, 0.15) is 27.2 Å². The third kappa shape index (κ3) is 2.25. The molecule has 4 nitrogen and oxygen atoms in total. The van der Waals surface area contributed by atoms with Crippen molar-refractivity contribution < 1.29 is 14.6 Å². The lowest BCUT2D eigenvalue weighted by Gasteiger charge is -2.48. The molecule has 1 saturated heterocycles. The fraction of sp³-hybridized carbons (Fsp3) is 0.900. The van der Waals surface area contributed by atoms with E-state index in [4.69, 9.17) is 9.84 Å². The molecule has 0 spiro atoms. The Bertz CT molecular complexity index is 217. The summed E-state index contributed by atoms with van der Waals surface area (Å²) in [7, 11) is 0. The van der Waals surface area contributed by atoms with Crippen molar-refractivity contribution in [2.45, 2.75) is 38.3 Å². The zero-order valence-corrected chi connectivity index (χ0v) is 9.12. The Balaban J connectivity index is 2.70. The molecule has 1 fully saturated rings. The fourth-order valence-electron chi connectivity index (χ4n) is 1.62. The Kier molecular flexibility index (Phi) is 3.17. The molecule has 1 amide bonds. The third-order valence-electron chi connectivity index (χ3n) is 2.82. The number of nitrogens with zero attached hydrogens (tertiary/aromatic N) is 1. The lowest BCUT2D eigenvalue weighted by molar-refractivity contribution is -0.166. The molecule has 0 aromatic carbocycles. The molecule has 14 heavy (non-hydrogen) atoms. The molecule has 1 rings (SSSR count). The number of ether oxygens (including phenoxy) is 1. The summed E-state index contributed by atoms with van der Waals surface area (Å²) in [6.07, 6.45) is 1.42. The van der Waals surface area contributed by atoms with Gasteiger partial charge in [-0.05, 0) is 20.8 Å². The van der Waals surface area contributed by atoms with Crippen LogP contribution in [0.3, 0.4) is 0 Å². The molecule has 1 atom stereocenters. The first-order chi connectivity index (χ1) is 6.43. The standard InChI is InChI=1S/C10H19NO3/c1-9(2)7-14-10(3,4-5-12)6-11(9)8-13/h8,12H,4-7H2,1-3H3. The van der Waals surface area contributed by atoms with Gasteiger partial charge in [0.1, 0.15) is 0 Å². The third-order valence-corrected chi connectivity index (χ3v) is 2.82. The average Bonchev–Trinajstić information content (AvgIpc) is 2.11.